The molecule has 1 aromatic rings. The molecular weight excluding hydrogens is 274 g/mol. The number of carboxylic acid groups (broad SMARTS) is 1. The highest BCUT2D eigenvalue weighted by molar-refractivity contribution is 9.10. The molecule has 1 heterocycles. The van der Waals surface area contributed by atoms with E-state index in [1.165, 1.54) is 11.9 Å². The lowest BCUT2D eigenvalue weighted by Gasteiger charge is -2.31. The summed E-state index contributed by atoms with van der Waals surface area (Å²) in [7, 11) is 1.52. The Balaban J connectivity index is 2.53. The number of likely N-dealkylation sites (N-methyl/N-ethyl adjacent to an activating group) is 1. The van der Waals surface area contributed by atoms with Crippen molar-refractivity contribution in [3.8, 4) is 0 Å². The Kier molecular flexibility index (Phi) is 2.71. The fourth-order valence-electron chi connectivity index (χ4n) is 1.88. The summed E-state index contributed by atoms with van der Waals surface area (Å²) in [6.07, 6.45) is 0.342. The highest BCUT2D eigenvalue weighted by Gasteiger charge is 2.34. The Bertz CT molecular complexity index is 472. The molecule has 0 aliphatic carbocycles. The van der Waals surface area contributed by atoms with E-state index in [4.69, 9.17) is 5.11 Å². The highest BCUT2D eigenvalue weighted by atomic mass is 79.9. The van der Waals surface area contributed by atoms with Crippen LogP contribution in [0.4, 0.5) is 0 Å². The number of nitrogens with zero attached hydrogens (tertiary/aromatic N) is 1. The van der Waals surface area contributed by atoms with Crippen molar-refractivity contribution in [2.24, 2.45) is 0 Å². The largest absolute Gasteiger partial charge is 0.480 e. The predicted molar refractivity (Wildman–Crippen MR) is 61.4 cm³/mol. The van der Waals surface area contributed by atoms with Crippen LogP contribution in [0.5, 0.6) is 0 Å². The molecule has 1 aliphatic heterocycles. The number of halogens is 1. The second kappa shape index (κ2) is 3.90. The van der Waals surface area contributed by atoms with Crippen LogP contribution in [0.3, 0.4) is 0 Å². The third kappa shape index (κ3) is 1.61. The van der Waals surface area contributed by atoms with Crippen molar-refractivity contribution in [3.63, 3.8) is 0 Å². The van der Waals surface area contributed by atoms with E-state index in [2.05, 4.69) is 15.9 Å². The zero-order valence-corrected chi connectivity index (χ0v) is 10.2. The summed E-state index contributed by atoms with van der Waals surface area (Å²) < 4.78 is 0.790. The molecule has 5 heteroatoms. The monoisotopic (exact) mass is 283 g/mol. The normalized spacial score (nSPS) is 19.5. The molecule has 1 aliphatic rings. The maximum Gasteiger partial charge on any atom is 0.326 e. The second-order valence-electron chi connectivity index (χ2n) is 3.74. The fourth-order valence-corrected chi connectivity index (χ4v) is 2.41. The SMILES string of the molecule is CN1C(=O)c2cccc(Br)c2CC1C(=O)O. The second-order valence-corrected chi connectivity index (χ2v) is 4.59. The van der Waals surface area contributed by atoms with Gasteiger partial charge >= 0.3 is 5.97 Å². The molecule has 0 spiro atoms. The van der Waals surface area contributed by atoms with Crippen LogP contribution in [0.1, 0.15) is 15.9 Å². The van der Waals surface area contributed by atoms with Crippen LogP contribution in [-0.4, -0.2) is 35.0 Å². The van der Waals surface area contributed by atoms with Gasteiger partial charge in [0.15, 0.2) is 0 Å². The first kappa shape index (κ1) is 11.1. The molecule has 0 fully saturated rings. The quantitative estimate of drug-likeness (QED) is 0.850. The first-order chi connectivity index (χ1) is 7.52. The van der Waals surface area contributed by atoms with Crippen LogP contribution in [0.2, 0.25) is 0 Å². The van der Waals surface area contributed by atoms with Gasteiger partial charge in [0.2, 0.25) is 0 Å². The van der Waals surface area contributed by atoms with Gasteiger partial charge in [-0.05, 0) is 17.7 Å². The standard InChI is InChI=1S/C11H10BrNO3/c1-13-9(11(15)16)5-7-6(10(13)14)3-2-4-8(7)12/h2-4,9H,5H2,1H3,(H,15,16). The average molecular weight is 284 g/mol. The van der Waals surface area contributed by atoms with E-state index in [-0.39, 0.29) is 5.91 Å². The van der Waals surface area contributed by atoms with Crippen molar-refractivity contribution in [1.29, 1.82) is 0 Å². The fraction of sp³-hybridized carbons (Fsp3) is 0.273. The minimum absolute atomic E-state index is 0.241. The Morgan fingerprint density at radius 3 is 2.88 bits per heavy atom. The van der Waals surface area contributed by atoms with Crippen LogP contribution in [0.15, 0.2) is 22.7 Å². The number of hydrogen-bond acceptors (Lipinski definition) is 2. The van der Waals surface area contributed by atoms with Gasteiger partial charge in [0.05, 0.1) is 0 Å². The highest BCUT2D eigenvalue weighted by Crippen LogP contribution is 2.28. The summed E-state index contributed by atoms with van der Waals surface area (Å²) in [6.45, 7) is 0. The van der Waals surface area contributed by atoms with E-state index < -0.39 is 12.0 Å². The van der Waals surface area contributed by atoms with E-state index in [9.17, 15) is 9.59 Å². The van der Waals surface area contributed by atoms with Crippen molar-refractivity contribution in [2.75, 3.05) is 7.05 Å². The Hall–Kier alpha value is -1.36. The number of amides is 1. The lowest BCUT2D eigenvalue weighted by atomic mass is 9.94. The Labute approximate surface area is 101 Å². The number of carbonyl (C=O) groups is 2. The number of aliphatic carboxylic acids is 1. The van der Waals surface area contributed by atoms with Crippen molar-refractivity contribution in [3.05, 3.63) is 33.8 Å². The molecule has 2 rings (SSSR count). The van der Waals surface area contributed by atoms with Crippen LogP contribution in [-0.2, 0) is 11.2 Å². The molecule has 1 N–H and O–H groups in total. The van der Waals surface area contributed by atoms with Crippen molar-refractivity contribution in [1.82, 2.24) is 4.90 Å². The van der Waals surface area contributed by atoms with Gasteiger partial charge in [-0.3, -0.25) is 4.79 Å². The number of fused-ring (bicyclic) bond motifs is 1. The summed E-state index contributed by atoms with van der Waals surface area (Å²) in [5.74, 6) is -1.22. The zero-order chi connectivity index (χ0) is 11.9. The van der Waals surface area contributed by atoms with Crippen LogP contribution >= 0.6 is 15.9 Å². The molecule has 0 aromatic heterocycles. The number of carboxylic acids is 1. The predicted octanol–water partition coefficient (Wildman–Crippen LogP) is 1.53. The van der Waals surface area contributed by atoms with Gasteiger partial charge in [-0.1, -0.05) is 22.0 Å². The summed E-state index contributed by atoms with van der Waals surface area (Å²) in [5.41, 5.74) is 1.35. The molecule has 1 atom stereocenters. The molecule has 0 saturated carbocycles. The molecule has 0 saturated heterocycles. The first-order valence-electron chi connectivity index (χ1n) is 4.79. The maximum absolute atomic E-state index is 11.9. The van der Waals surface area contributed by atoms with Crippen LogP contribution in [0, 0.1) is 0 Å². The summed E-state index contributed by atoms with van der Waals surface area (Å²) in [6, 6.07) is 4.53. The summed E-state index contributed by atoms with van der Waals surface area (Å²) >= 11 is 3.34. The number of hydrogen-bond donors (Lipinski definition) is 1. The van der Waals surface area contributed by atoms with E-state index >= 15 is 0 Å². The van der Waals surface area contributed by atoms with E-state index in [1.54, 1.807) is 12.1 Å². The smallest absolute Gasteiger partial charge is 0.326 e. The minimum Gasteiger partial charge on any atom is -0.480 e. The van der Waals surface area contributed by atoms with Crippen molar-refractivity contribution >= 4 is 27.8 Å². The molecular formula is C11H10BrNO3. The molecule has 1 amide bonds. The van der Waals surface area contributed by atoms with Gasteiger partial charge in [-0.2, -0.15) is 0 Å². The van der Waals surface area contributed by atoms with Crippen LogP contribution < -0.4 is 0 Å². The lowest BCUT2D eigenvalue weighted by Crippen LogP contribution is -2.47. The van der Waals surface area contributed by atoms with Gasteiger partial charge in [-0.25, -0.2) is 4.79 Å². The maximum atomic E-state index is 11.9. The Morgan fingerprint density at radius 2 is 2.25 bits per heavy atom. The number of rotatable bonds is 1. The van der Waals surface area contributed by atoms with Gasteiger partial charge in [0.25, 0.3) is 5.91 Å². The van der Waals surface area contributed by atoms with Crippen molar-refractivity contribution in [2.45, 2.75) is 12.5 Å². The third-order valence-electron chi connectivity index (χ3n) is 2.82. The first-order valence-corrected chi connectivity index (χ1v) is 5.59. The van der Waals surface area contributed by atoms with E-state index in [0.717, 1.165) is 10.0 Å². The van der Waals surface area contributed by atoms with Gasteiger partial charge < -0.3 is 10.0 Å². The minimum atomic E-state index is -0.975. The molecule has 0 radical (unpaired) electrons. The van der Waals surface area contributed by atoms with Gasteiger partial charge in [0.1, 0.15) is 6.04 Å². The molecule has 4 nitrogen and oxygen atoms in total. The number of carbonyl (C=O) groups excluding carboxylic acids is 1. The molecule has 1 aromatic carbocycles. The van der Waals surface area contributed by atoms with E-state index in [0.29, 0.717) is 12.0 Å². The molecule has 16 heavy (non-hydrogen) atoms. The number of benzene rings is 1. The summed E-state index contributed by atoms with van der Waals surface area (Å²) in [4.78, 5) is 24.2. The lowest BCUT2D eigenvalue weighted by molar-refractivity contribution is -0.142. The topological polar surface area (TPSA) is 57.6 Å². The Morgan fingerprint density at radius 1 is 1.56 bits per heavy atom. The van der Waals surface area contributed by atoms with Crippen molar-refractivity contribution < 1.29 is 14.7 Å². The van der Waals surface area contributed by atoms with Gasteiger partial charge in [-0.15, -0.1) is 0 Å². The van der Waals surface area contributed by atoms with Crippen LogP contribution in [0.25, 0.3) is 0 Å². The van der Waals surface area contributed by atoms with E-state index in [1.807, 2.05) is 6.07 Å². The molecule has 84 valence electrons. The third-order valence-corrected chi connectivity index (χ3v) is 3.56. The zero-order valence-electron chi connectivity index (χ0n) is 8.61. The van der Waals surface area contributed by atoms with Gasteiger partial charge in [0, 0.05) is 23.5 Å². The molecule has 0 bridgehead atoms. The average Bonchev–Trinajstić information content (AvgIpc) is 2.23. The summed E-state index contributed by atoms with van der Waals surface area (Å²) in [5, 5.41) is 9.03. The molecule has 1 unspecified atom stereocenters.